The van der Waals surface area contributed by atoms with E-state index < -0.39 is 9.05 Å². The number of carbonyl (C=O) groups excluding carboxylic acids is 1. The fraction of sp³-hybridized carbons (Fsp3) is 0.500. The predicted molar refractivity (Wildman–Crippen MR) is 82.3 cm³/mol. The molecule has 0 saturated heterocycles. The van der Waals surface area contributed by atoms with E-state index in [1.807, 2.05) is 27.7 Å². The zero-order valence-corrected chi connectivity index (χ0v) is 14.1. The molecule has 0 aliphatic carbocycles. The molecule has 0 aromatic heterocycles. The van der Waals surface area contributed by atoms with Crippen LogP contribution < -0.4 is 10.1 Å². The summed E-state index contributed by atoms with van der Waals surface area (Å²) in [4.78, 5) is 11.6. The predicted octanol–water partition coefficient (Wildman–Crippen LogP) is 2.64. The highest BCUT2D eigenvalue weighted by Crippen LogP contribution is 2.30. The van der Waals surface area contributed by atoms with Gasteiger partial charge in [0.15, 0.2) is 6.61 Å². The quantitative estimate of drug-likeness (QED) is 0.812. The lowest BCUT2D eigenvalue weighted by Gasteiger charge is -2.15. The molecule has 0 fully saturated rings. The van der Waals surface area contributed by atoms with Crippen molar-refractivity contribution >= 4 is 25.6 Å². The van der Waals surface area contributed by atoms with E-state index in [-0.39, 0.29) is 29.4 Å². The summed E-state index contributed by atoms with van der Waals surface area (Å²) >= 11 is 0. The van der Waals surface area contributed by atoms with Gasteiger partial charge in [0.25, 0.3) is 15.0 Å². The van der Waals surface area contributed by atoms with E-state index in [0.717, 1.165) is 0 Å². The number of carbonyl (C=O) groups is 1. The second kappa shape index (κ2) is 7.13. The van der Waals surface area contributed by atoms with E-state index in [9.17, 15) is 13.2 Å². The third-order valence-corrected chi connectivity index (χ3v) is 4.04. The van der Waals surface area contributed by atoms with Gasteiger partial charge in [-0.15, -0.1) is 0 Å². The van der Waals surface area contributed by atoms with Gasteiger partial charge in [-0.3, -0.25) is 4.79 Å². The molecule has 118 valence electrons. The highest BCUT2D eigenvalue weighted by atomic mass is 35.7. The summed E-state index contributed by atoms with van der Waals surface area (Å²) in [7, 11) is 1.55. The van der Waals surface area contributed by atoms with Crippen LogP contribution in [-0.2, 0) is 13.8 Å². The molecule has 1 aromatic carbocycles. The molecule has 1 rings (SSSR count). The smallest absolute Gasteiger partial charge is 0.261 e. The molecule has 0 spiro atoms. The largest absolute Gasteiger partial charge is 0.483 e. The number of nitrogens with one attached hydrogen (secondary N) is 1. The monoisotopic (exact) mass is 333 g/mol. The average molecular weight is 334 g/mol. The van der Waals surface area contributed by atoms with Gasteiger partial charge in [0.05, 0.1) is 4.90 Å². The van der Waals surface area contributed by atoms with Crippen LogP contribution in [0.5, 0.6) is 5.75 Å². The Kier molecular flexibility index (Phi) is 6.04. The van der Waals surface area contributed by atoms with Crippen molar-refractivity contribution in [2.45, 2.75) is 44.6 Å². The first-order chi connectivity index (χ1) is 9.61. The zero-order chi connectivity index (χ0) is 16.2. The number of ether oxygens (including phenoxy) is 1. The fourth-order valence-corrected chi connectivity index (χ4v) is 2.55. The third kappa shape index (κ3) is 5.55. The minimum Gasteiger partial charge on any atom is -0.483 e. The molecule has 1 amide bonds. The molecule has 0 atom stereocenters. The standard InChI is InChI=1S/C14H20ClNO4S/c1-9(2)12-7-11(21(15,18)19)5-6-13(12)20-8-14(17)16-10(3)4/h5-7,9-10H,8H2,1-4H3,(H,16,17). The average Bonchev–Trinajstić information content (AvgIpc) is 2.34. The van der Waals surface area contributed by atoms with Gasteiger partial charge in [0, 0.05) is 16.7 Å². The van der Waals surface area contributed by atoms with Gasteiger partial charge < -0.3 is 10.1 Å². The molecule has 0 radical (unpaired) electrons. The van der Waals surface area contributed by atoms with Crippen LogP contribution in [0.1, 0.15) is 39.2 Å². The van der Waals surface area contributed by atoms with E-state index in [4.69, 9.17) is 15.4 Å². The van der Waals surface area contributed by atoms with Gasteiger partial charge in [-0.05, 0) is 43.5 Å². The Bertz CT molecular complexity index is 611. The molecular weight excluding hydrogens is 314 g/mol. The summed E-state index contributed by atoms with van der Waals surface area (Å²) in [5.74, 6) is 0.285. The van der Waals surface area contributed by atoms with Crippen LogP contribution in [0.15, 0.2) is 23.1 Å². The Morgan fingerprint density at radius 3 is 2.38 bits per heavy atom. The van der Waals surface area contributed by atoms with Crippen molar-refractivity contribution in [1.82, 2.24) is 5.32 Å². The van der Waals surface area contributed by atoms with Gasteiger partial charge in [-0.2, -0.15) is 0 Å². The Labute approximate surface area is 130 Å². The number of amides is 1. The lowest BCUT2D eigenvalue weighted by atomic mass is 10.0. The highest BCUT2D eigenvalue weighted by Gasteiger charge is 2.16. The molecule has 0 saturated carbocycles. The zero-order valence-electron chi connectivity index (χ0n) is 12.5. The van der Waals surface area contributed by atoms with Crippen molar-refractivity contribution in [3.63, 3.8) is 0 Å². The molecule has 0 unspecified atom stereocenters. The van der Waals surface area contributed by atoms with Crippen molar-refractivity contribution in [3.05, 3.63) is 23.8 Å². The summed E-state index contributed by atoms with van der Waals surface area (Å²) in [6.45, 7) is 7.40. The number of hydrogen-bond donors (Lipinski definition) is 1. The van der Waals surface area contributed by atoms with Crippen LogP contribution in [0.3, 0.4) is 0 Å². The minimum absolute atomic E-state index is 0.0202. The molecule has 0 bridgehead atoms. The molecule has 0 heterocycles. The van der Waals surface area contributed by atoms with Gasteiger partial charge in [0.1, 0.15) is 5.75 Å². The van der Waals surface area contributed by atoms with Crippen molar-refractivity contribution in [1.29, 1.82) is 0 Å². The van der Waals surface area contributed by atoms with Crippen LogP contribution in [0.25, 0.3) is 0 Å². The Morgan fingerprint density at radius 2 is 1.90 bits per heavy atom. The molecule has 7 heteroatoms. The summed E-state index contributed by atoms with van der Waals surface area (Å²) in [6.07, 6.45) is 0. The van der Waals surface area contributed by atoms with Crippen LogP contribution in [0.4, 0.5) is 0 Å². The van der Waals surface area contributed by atoms with Crippen LogP contribution in [0.2, 0.25) is 0 Å². The summed E-state index contributed by atoms with van der Waals surface area (Å²) in [6, 6.07) is 4.40. The van der Waals surface area contributed by atoms with Crippen molar-refractivity contribution < 1.29 is 17.9 Å². The third-order valence-electron chi connectivity index (χ3n) is 2.69. The van der Waals surface area contributed by atoms with E-state index in [2.05, 4.69) is 5.32 Å². The normalized spacial score (nSPS) is 11.8. The van der Waals surface area contributed by atoms with Gasteiger partial charge in [0.2, 0.25) is 0 Å². The lowest BCUT2D eigenvalue weighted by molar-refractivity contribution is -0.123. The topological polar surface area (TPSA) is 72.5 Å². The summed E-state index contributed by atoms with van der Waals surface area (Å²) in [5.41, 5.74) is 0.689. The second-order valence-corrected chi connectivity index (χ2v) is 7.87. The van der Waals surface area contributed by atoms with Gasteiger partial charge in [-0.1, -0.05) is 13.8 Å². The first-order valence-corrected chi connectivity index (χ1v) is 8.93. The maximum absolute atomic E-state index is 11.6. The number of benzene rings is 1. The SMILES string of the molecule is CC(C)NC(=O)COc1ccc(S(=O)(=O)Cl)cc1C(C)C. The lowest BCUT2D eigenvalue weighted by Crippen LogP contribution is -2.34. The Hall–Kier alpha value is -1.27. The van der Waals surface area contributed by atoms with Crippen molar-refractivity contribution in [3.8, 4) is 5.75 Å². The van der Waals surface area contributed by atoms with Crippen molar-refractivity contribution in [2.24, 2.45) is 0 Å². The van der Waals surface area contributed by atoms with E-state index in [1.165, 1.54) is 18.2 Å². The van der Waals surface area contributed by atoms with Gasteiger partial charge in [-0.25, -0.2) is 8.42 Å². The molecule has 0 aliphatic rings. The van der Waals surface area contributed by atoms with E-state index in [0.29, 0.717) is 11.3 Å². The highest BCUT2D eigenvalue weighted by molar-refractivity contribution is 8.13. The molecule has 1 aromatic rings. The van der Waals surface area contributed by atoms with Gasteiger partial charge >= 0.3 is 0 Å². The second-order valence-electron chi connectivity index (χ2n) is 5.30. The Balaban J connectivity index is 2.95. The maximum atomic E-state index is 11.6. The minimum atomic E-state index is -3.79. The van der Waals surface area contributed by atoms with Crippen LogP contribution in [-0.4, -0.2) is 27.0 Å². The molecule has 1 N–H and O–H groups in total. The summed E-state index contributed by atoms with van der Waals surface area (Å²) < 4.78 is 28.2. The molecular formula is C14H20ClNO4S. The number of halogens is 1. The number of rotatable bonds is 6. The first kappa shape index (κ1) is 17.8. The van der Waals surface area contributed by atoms with Crippen LogP contribution >= 0.6 is 10.7 Å². The fourth-order valence-electron chi connectivity index (χ4n) is 1.77. The Morgan fingerprint density at radius 1 is 1.29 bits per heavy atom. The maximum Gasteiger partial charge on any atom is 0.261 e. The summed E-state index contributed by atoms with van der Waals surface area (Å²) in [5, 5.41) is 2.72. The molecule has 5 nitrogen and oxygen atoms in total. The first-order valence-electron chi connectivity index (χ1n) is 6.62. The molecule has 0 aliphatic heterocycles. The number of hydrogen-bond acceptors (Lipinski definition) is 4. The van der Waals surface area contributed by atoms with E-state index >= 15 is 0 Å². The van der Waals surface area contributed by atoms with Crippen LogP contribution in [0, 0.1) is 0 Å². The van der Waals surface area contributed by atoms with E-state index in [1.54, 1.807) is 0 Å². The molecule has 21 heavy (non-hydrogen) atoms. The van der Waals surface area contributed by atoms with Crippen molar-refractivity contribution in [2.75, 3.05) is 6.61 Å².